The summed E-state index contributed by atoms with van der Waals surface area (Å²) >= 11 is 6.69. The molecule has 0 aliphatic rings. The normalized spacial score (nSPS) is 10.5. The summed E-state index contributed by atoms with van der Waals surface area (Å²) in [6.45, 7) is 4.54. The smallest absolute Gasteiger partial charge is 1.00 e. The van der Waals surface area contributed by atoms with Crippen LogP contribution in [0.1, 0.15) is 92.0 Å². The summed E-state index contributed by atoms with van der Waals surface area (Å²) in [6.07, 6.45) is 15.7. The minimum Gasteiger partial charge on any atom is -1.00 e. The second-order valence-corrected chi connectivity index (χ2v) is 8.43. The summed E-state index contributed by atoms with van der Waals surface area (Å²) in [6, 6.07) is 6.67. The van der Waals surface area contributed by atoms with Gasteiger partial charge in [0.15, 0.2) is 0 Å². The van der Waals surface area contributed by atoms with Gasteiger partial charge in [0, 0.05) is 4.90 Å². The summed E-state index contributed by atoms with van der Waals surface area (Å²) in [4.78, 5) is 1.28. The molecule has 0 saturated heterocycles. The maximum atomic E-state index is 5.79. The van der Waals surface area contributed by atoms with Gasteiger partial charge in [-0.1, -0.05) is 101 Å². The van der Waals surface area contributed by atoms with Crippen LogP contribution in [0.3, 0.4) is 0 Å². The van der Waals surface area contributed by atoms with Gasteiger partial charge in [0.25, 0.3) is 0 Å². The Morgan fingerprint density at radius 2 is 1.48 bits per heavy atom. The second-order valence-electron chi connectivity index (χ2n) is 6.64. The van der Waals surface area contributed by atoms with Crippen LogP contribution in [0.25, 0.3) is 0 Å². The Balaban J connectivity index is -0.00000192. The molecule has 0 heterocycles. The molecule has 0 aliphatic carbocycles. The summed E-state index contributed by atoms with van der Waals surface area (Å²) in [5.41, 5.74) is 8.81. The van der Waals surface area contributed by atoms with E-state index < -0.39 is 0 Å². The fourth-order valence-corrected chi connectivity index (χ4v) is 4.15. The number of hydrogen-bond donors (Lipinski definition) is 1. The minimum absolute atomic E-state index is 0. The van der Waals surface area contributed by atoms with Crippen molar-refractivity contribution in [1.29, 1.82) is 0 Å². The van der Waals surface area contributed by atoms with E-state index in [-0.39, 0.29) is 51.7 Å². The zero-order chi connectivity index (χ0) is 17.6. The standard InChI is InChI=1S/C21H35NS2.Ba.2H/c1-3-5-7-9-11-14-18-15-13-17-20(24-21(22)23)19(18)16-12-10-8-6-4-2;;;/h13,15,17H,3-12,14,16H2,1-2H3,(H2,22,23);;;/q;+2;2*-1. The fraction of sp³-hybridized carbons (Fsp3) is 0.667. The van der Waals surface area contributed by atoms with Crippen molar-refractivity contribution >= 4 is 77.2 Å². The molecule has 0 fully saturated rings. The molecule has 4 heteroatoms. The van der Waals surface area contributed by atoms with Gasteiger partial charge in [0.05, 0.1) is 0 Å². The van der Waals surface area contributed by atoms with E-state index in [1.54, 1.807) is 11.8 Å². The molecule has 0 bridgehead atoms. The molecular weight excluding hydrogens is 468 g/mol. The molecule has 0 unspecified atom stereocenters. The first-order valence-corrected chi connectivity index (χ1v) is 11.0. The van der Waals surface area contributed by atoms with Crippen molar-refractivity contribution in [2.75, 3.05) is 0 Å². The van der Waals surface area contributed by atoms with Crippen LogP contribution in [0, 0.1) is 0 Å². The van der Waals surface area contributed by atoms with E-state index in [1.165, 1.54) is 93.1 Å². The van der Waals surface area contributed by atoms with E-state index in [2.05, 4.69) is 32.0 Å². The molecule has 0 aliphatic heterocycles. The van der Waals surface area contributed by atoms with Crippen LogP contribution in [0.4, 0.5) is 0 Å². The average Bonchev–Trinajstić information content (AvgIpc) is 2.55. The molecule has 0 atom stereocenters. The first-order chi connectivity index (χ1) is 11.7. The van der Waals surface area contributed by atoms with Gasteiger partial charge in [0.1, 0.15) is 4.32 Å². The van der Waals surface area contributed by atoms with Gasteiger partial charge in [0.2, 0.25) is 0 Å². The number of nitrogens with two attached hydrogens (primary N) is 1. The van der Waals surface area contributed by atoms with Crippen molar-refractivity contribution in [2.24, 2.45) is 5.73 Å². The zero-order valence-electron chi connectivity index (χ0n) is 18.3. The molecule has 1 rings (SSSR count). The number of aryl methyl sites for hydroxylation is 1. The van der Waals surface area contributed by atoms with Crippen LogP contribution < -0.4 is 5.73 Å². The molecule has 25 heavy (non-hydrogen) atoms. The number of thioether (sulfide) groups is 1. The molecule has 0 radical (unpaired) electrons. The van der Waals surface area contributed by atoms with Crippen LogP contribution in [0.2, 0.25) is 0 Å². The first kappa shape index (κ1) is 26.0. The van der Waals surface area contributed by atoms with Crippen LogP contribution in [-0.2, 0) is 12.8 Å². The molecule has 0 saturated carbocycles. The largest absolute Gasteiger partial charge is 2.00 e. The number of thiocarbonyl (C=S) groups is 1. The molecule has 0 aromatic heterocycles. The van der Waals surface area contributed by atoms with Crippen LogP contribution in [-0.4, -0.2) is 53.2 Å². The van der Waals surface area contributed by atoms with Gasteiger partial charge in [-0.25, -0.2) is 0 Å². The van der Waals surface area contributed by atoms with Gasteiger partial charge < -0.3 is 8.59 Å². The van der Waals surface area contributed by atoms with E-state index in [4.69, 9.17) is 18.0 Å². The predicted octanol–water partition coefficient (Wildman–Crippen LogP) is 6.89. The van der Waals surface area contributed by atoms with Crippen LogP contribution >= 0.6 is 24.0 Å². The van der Waals surface area contributed by atoms with Gasteiger partial charge >= 0.3 is 48.9 Å². The number of unbranched alkanes of at least 4 members (excludes halogenated alkanes) is 8. The Kier molecular flexibility index (Phi) is 17.9. The van der Waals surface area contributed by atoms with Crippen LogP contribution in [0.5, 0.6) is 0 Å². The van der Waals surface area contributed by atoms with Crippen molar-refractivity contribution < 1.29 is 2.85 Å². The third kappa shape index (κ3) is 12.2. The third-order valence-corrected chi connectivity index (χ3v) is 5.57. The van der Waals surface area contributed by atoms with Gasteiger partial charge in [-0.05, 0) is 42.9 Å². The fourth-order valence-electron chi connectivity index (χ4n) is 3.16. The molecule has 1 nitrogen and oxygen atoms in total. The van der Waals surface area contributed by atoms with Crippen LogP contribution in [0.15, 0.2) is 23.1 Å². The Morgan fingerprint density at radius 3 is 2.04 bits per heavy atom. The Morgan fingerprint density at radius 1 is 0.920 bits per heavy atom. The van der Waals surface area contributed by atoms with Crippen molar-refractivity contribution in [3.63, 3.8) is 0 Å². The molecule has 0 spiro atoms. The third-order valence-electron chi connectivity index (χ3n) is 4.52. The maximum Gasteiger partial charge on any atom is 2.00 e. The monoisotopic (exact) mass is 505 g/mol. The minimum atomic E-state index is 0. The van der Waals surface area contributed by atoms with E-state index in [1.807, 2.05) is 0 Å². The summed E-state index contributed by atoms with van der Waals surface area (Å²) in [5, 5.41) is 0. The topological polar surface area (TPSA) is 26.0 Å². The number of rotatable bonds is 13. The predicted molar refractivity (Wildman–Crippen MR) is 122 cm³/mol. The maximum absolute atomic E-state index is 5.79. The molecule has 2 N–H and O–H groups in total. The van der Waals surface area contributed by atoms with Crippen molar-refractivity contribution in [1.82, 2.24) is 0 Å². The number of hydrogen-bond acceptors (Lipinski definition) is 2. The Bertz CT molecular complexity index is 487. The van der Waals surface area contributed by atoms with Gasteiger partial charge in [-0.3, -0.25) is 0 Å². The zero-order valence-corrected chi connectivity index (χ0v) is 22.4. The van der Waals surface area contributed by atoms with E-state index >= 15 is 0 Å². The SMILES string of the molecule is CCCCCCCc1cccc(SC(N)=S)c1CCCCCCC.[Ba+2].[H-].[H-]. The molecule has 0 amide bonds. The Hall–Kier alpha value is 1.03. The number of benzene rings is 1. The quantitative estimate of drug-likeness (QED) is 0.137. The molecule has 1 aromatic rings. The average molecular weight is 505 g/mol. The second kappa shape index (κ2) is 17.2. The summed E-state index contributed by atoms with van der Waals surface area (Å²) in [5.74, 6) is 0. The van der Waals surface area contributed by atoms with Gasteiger partial charge in [-0.15, -0.1) is 0 Å². The summed E-state index contributed by atoms with van der Waals surface area (Å²) in [7, 11) is 0. The van der Waals surface area contributed by atoms with Crippen molar-refractivity contribution in [3.8, 4) is 0 Å². The van der Waals surface area contributed by atoms with Crippen molar-refractivity contribution in [3.05, 3.63) is 29.3 Å². The Labute approximate surface area is 208 Å². The van der Waals surface area contributed by atoms with E-state index in [9.17, 15) is 0 Å². The summed E-state index contributed by atoms with van der Waals surface area (Å²) < 4.78 is 0.530. The molecular formula is C21H37BaNS2. The van der Waals surface area contributed by atoms with Gasteiger partial charge in [-0.2, -0.15) is 0 Å². The van der Waals surface area contributed by atoms with E-state index in [0.717, 1.165) is 0 Å². The first-order valence-electron chi connectivity index (χ1n) is 9.77. The molecule has 1 aromatic carbocycles. The van der Waals surface area contributed by atoms with Crippen molar-refractivity contribution in [2.45, 2.75) is 95.8 Å². The molecule has 140 valence electrons. The van der Waals surface area contributed by atoms with E-state index in [0.29, 0.717) is 4.32 Å².